The first-order valence-electron chi connectivity index (χ1n) is 17.7. The molecule has 6 fully saturated rings. The molecule has 9 unspecified atom stereocenters. The van der Waals surface area contributed by atoms with Gasteiger partial charge >= 0.3 is 0 Å². The molecule has 36 heavy (non-hydrogen) atoms. The third-order valence-electron chi connectivity index (χ3n) is 10.1. The molecule has 0 amide bonds. The van der Waals surface area contributed by atoms with Crippen LogP contribution < -0.4 is 0 Å². The van der Waals surface area contributed by atoms with Crippen LogP contribution in [-0.4, -0.2) is 23.5 Å². The van der Waals surface area contributed by atoms with Crippen molar-refractivity contribution in [1.82, 2.24) is 4.90 Å². The number of hydrogen-bond acceptors (Lipinski definition) is 1. The van der Waals surface area contributed by atoms with E-state index in [9.17, 15) is 0 Å². The lowest BCUT2D eigenvalue weighted by Gasteiger charge is -2.52. The molecule has 0 N–H and O–H groups in total. The summed E-state index contributed by atoms with van der Waals surface area (Å²) in [5.41, 5.74) is 0. The van der Waals surface area contributed by atoms with Gasteiger partial charge in [-0.2, -0.15) is 0 Å². The topological polar surface area (TPSA) is 3.24 Å². The van der Waals surface area contributed by atoms with Crippen LogP contribution in [0.1, 0.15) is 167 Å². The highest BCUT2D eigenvalue weighted by atomic mass is 15.2. The van der Waals surface area contributed by atoms with Gasteiger partial charge in [-0.3, -0.25) is 4.90 Å². The zero-order chi connectivity index (χ0) is 27.7. The number of rotatable bonds is 0. The van der Waals surface area contributed by atoms with Gasteiger partial charge in [0.2, 0.25) is 0 Å². The van der Waals surface area contributed by atoms with E-state index in [1.807, 2.05) is 83.1 Å². The van der Waals surface area contributed by atoms with Gasteiger partial charge in [0.1, 0.15) is 0 Å². The number of nitrogens with zero attached hydrogens (tertiary/aromatic N) is 1. The average molecular weight is 508 g/mol. The minimum atomic E-state index is 1.00. The van der Waals surface area contributed by atoms with Crippen LogP contribution in [0.15, 0.2) is 0 Å². The second kappa shape index (κ2) is 20.9. The summed E-state index contributed by atoms with van der Waals surface area (Å²) in [6, 6.07) is 2.02. The Bertz CT molecular complexity index is 485. The minimum absolute atomic E-state index is 1.00. The van der Waals surface area contributed by atoms with Gasteiger partial charge in [-0.15, -0.1) is 0 Å². The van der Waals surface area contributed by atoms with E-state index in [2.05, 4.69) is 4.90 Å². The second-order valence-electron chi connectivity index (χ2n) is 10.6. The minimum Gasteiger partial charge on any atom is -0.297 e. The van der Waals surface area contributed by atoms with Crippen LogP contribution in [-0.2, 0) is 0 Å². The fourth-order valence-electron chi connectivity index (χ4n) is 9.33. The van der Waals surface area contributed by atoms with Crippen molar-refractivity contribution in [2.24, 2.45) is 41.4 Å². The molecule has 0 radical (unpaired) electrons. The largest absolute Gasteiger partial charge is 0.297 e. The van der Waals surface area contributed by atoms with Crippen molar-refractivity contribution in [3.8, 4) is 0 Å². The van der Waals surface area contributed by atoms with E-state index in [0.29, 0.717) is 0 Å². The molecule has 1 nitrogen and oxygen atoms in total. The molecular weight excluding hydrogens is 434 g/mol. The Kier molecular flexibility index (Phi) is 20.8. The summed E-state index contributed by atoms with van der Waals surface area (Å²) in [6.07, 6.45) is 20.5. The SMILES string of the molecule is C1CCC2C(C1)CCC1C2CCC2C1CC1C2CC2CCCCN21.CC.CC.CC.CC.CC.CC. The first-order chi connectivity index (χ1) is 17.9. The monoisotopic (exact) mass is 508 g/mol. The van der Waals surface area contributed by atoms with Crippen molar-refractivity contribution in [2.45, 2.75) is 179 Å². The summed E-state index contributed by atoms with van der Waals surface area (Å²) < 4.78 is 0. The van der Waals surface area contributed by atoms with Gasteiger partial charge in [-0.25, -0.2) is 0 Å². The predicted octanol–water partition coefficient (Wildman–Crippen LogP) is 11.6. The number of piperidine rings is 1. The van der Waals surface area contributed by atoms with Crippen LogP contribution >= 0.6 is 0 Å². The summed E-state index contributed by atoms with van der Waals surface area (Å²) >= 11 is 0. The normalized spacial score (nSPS) is 38.8. The van der Waals surface area contributed by atoms with Gasteiger partial charge in [-0.1, -0.05) is 109 Å². The van der Waals surface area contributed by atoms with E-state index in [4.69, 9.17) is 0 Å². The van der Waals surface area contributed by atoms with E-state index in [1.54, 1.807) is 64.2 Å². The van der Waals surface area contributed by atoms with Crippen LogP contribution in [0.5, 0.6) is 0 Å². The molecule has 4 saturated carbocycles. The molecule has 2 aliphatic heterocycles. The predicted molar refractivity (Wildman–Crippen MR) is 167 cm³/mol. The van der Waals surface area contributed by atoms with Gasteiger partial charge < -0.3 is 0 Å². The molecule has 2 saturated heterocycles. The third-order valence-corrected chi connectivity index (χ3v) is 10.1. The Morgan fingerprint density at radius 3 is 1.53 bits per heavy atom. The van der Waals surface area contributed by atoms with E-state index in [1.165, 1.54) is 25.8 Å². The standard InChI is InChI=1S/C23H37N.6C2H6/c1-2-7-17-15(5-1)8-9-19-18(17)10-11-20-21(19)14-23-22(20)13-16-6-3-4-12-24(16)23;6*1-2/h15-23H,1-14H2;6*1-2H3. The molecule has 0 aromatic heterocycles. The smallest absolute Gasteiger partial charge is 0.0133 e. The highest BCUT2D eigenvalue weighted by Crippen LogP contribution is 2.62. The lowest BCUT2D eigenvalue weighted by molar-refractivity contribution is -0.0264. The lowest BCUT2D eigenvalue weighted by Crippen LogP contribution is -2.44. The quantitative estimate of drug-likeness (QED) is 0.315. The van der Waals surface area contributed by atoms with Gasteiger partial charge in [0, 0.05) is 12.1 Å². The first-order valence-corrected chi connectivity index (χ1v) is 17.7. The molecule has 0 aromatic carbocycles. The van der Waals surface area contributed by atoms with Crippen molar-refractivity contribution in [1.29, 1.82) is 0 Å². The molecule has 218 valence electrons. The Morgan fingerprint density at radius 2 is 0.889 bits per heavy atom. The summed E-state index contributed by atoms with van der Waals surface area (Å²) in [5.74, 6) is 8.00. The zero-order valence-corrected chi connectivity index (χ0v) is 27.5. The molecular formula is C35H73N. The van der Waals surface area contributed by atoms with Crippen LogP contribution in [0.2, 0.25) is 0 Å². The van der Waals surface area contributed by atoms with Crippen molar-refractivity contribution < 1.29 is 0 Å². The molecule has 0 bridgehead atoms. The molecule has 0 spiro atoms. The lowest BCUT2D eigenvalue weighted by atomic mass is 9.53. The molecule has 9 atom stereocenters. The fraction of sp³-hybridized carbons (Fsp3) is 1.00. The van der Waals surface area contributed by atoms with Crippen LogP contribution in [0.25, 0.3) is 0 Å². The van der Waals surface area contributed by atoms with Gasteiger partial charge in [0.15, 0.2) is 0 Å². The van der Waals surface area contributed by atoms with Crippen molar-refractivity contribution in [3.05, 3.63) is 0 Å². The van der Waals surface area contributed by atoms with Gasteiger partial charge in [0.25, 0.3) is 0 Å². The summed E-state index contributed by atoms with van der Waals surface area (Å²) in [6.45, 7) is 25.4. The van der Waals surface area contributed by atoms with Crippen LogP contribution in [0, 0.1) is 41.4 Å². The molecule has 4 aliphatic carbocycles. The molecule has 2 heterocycles. The van der Waals surface area contributed by atoms with Crippen molar-refractivity contribution in [2.75, 3.05) is 6.54 Å². The number of hydrogen-bond donors (Lipinski definition) is 0. The van der Waals surface area contributed by atoms with Gasteiger partial charge in [0.05, 0.1) is 0 Å². The Hall–Kier alpha value is -0.0400. The van der Waals surface area contributed by atoms with E-state index < -0.39 is 0 Å². The maximum Gasteiger partial charge on any atom is 0.0133 e. The van der Waals surface area contributed by atoms with E-state index >= 15 is 0 Å². The van der Waals surface area contributed by atoms with E-state index in [-0.39, 0.29) is 0 Å². The molecule has 0 aromatic rings. The summed E-state index contributed by atoms with van der Waals surface area (Å²) in [4.78, 5) is 3.02. The van der Waals surface area contributed by atoms with Crippen molar-refractivity contribution in [3.63, 3.8) is 0 Å². The zero-order valence-electron chi connectivity index (χ0n) is 27.5. The van der Waals surface area contributed by atoms with Crippen molar-refractivity contribution >= 4 is 0 Å². The third kappa shape index (κ3) is 7.99. The second-order valence-corrected chi connectivity index (χ2v) is 10.6. The molecule has 1 heteroatoms. The van der Waals surface area contributed by atoms with E-state index in [0.717, 1.165) is 53.5 Å². The average Bonchev–Trinajstić information content (AvgIpc) is 3.56. The Labute approximate surface area is 231 Å². The van der Waals surface area contributed by atoms with Gasteiger partial charge in [-0.05, 0) is 106 Å². The maximum absolute atomic E-state index is 3.02. The fourth-order valence-corrected chi connectivity index (χ4v) is 9.33. The summed E-state index contributed by atoms with van der Waals surface area (Å²) in [5, 5.41) is 0. The summed E-state index contributed by atoms with van der Waals surface area (Å²) in [7, 11) is 0. The van der Waals surface area contributed by atoms with Crippen LogP contribution in [0.3, 0.4) is 0 Å². The first kappa shape index (κ1) is 36.0. The number of fused-ring (bicyclic) bond motifs is 9. The highest BCUT2D eigenvalue weighted by Gasteiger charge is 2.57. The Balaban J connectivity index is 0.000000908. The maximum atomic E-state index is 3.02. The Morgan fingerprint density at radius 1 is 0.389 bits per heavy atom. The van der Waals surface area contributed by atoms with Crippen LogP contribution in [0.4, 0.5) is 0 Å². The molecule has 6 rings (SSSR count). The molecule has 6 aliphatic rings. The highest BCUT2D eigenvalue weighted by molar-refractivity contribution is 5.09.